The third kappa shape index (κ3) is 3.90. The molecule has 1 aliphatic rings. The Balaban J connectivity index is 1.96. The molecule has 9 heteroatoms. The predicted molar refractivity (Wildman–Crippen MR) is 134 cm³/mol. The predicted octanol–water partition coefficient (Wildman–Crippen LogP) is 2.31. The summed E-state index contributed by atoms with van der Waals surface area (Å²) in [6.07, 6.45) is 1.89. The Kier molecular flexibility index (Phi) is 6.31. The molecule has 0 fully saturated rings. The molecule has 1 aromatic carbocycles. The summed E-state index contributed by atoms with van der Waals surface area (Å²) >= 11 is 1.32. The van der Waals surface area contributed by atoms with E-state index in [0.29, 0.717) is 20.6 Å². The van der Waals surface area contributed by atoms with Crippen LogP contribution in [-0.4, -0.2) is 41.5 Å². The van der Waals surface area contributed by atoms with Crippen LogP contribution in [0.15, 0.2) is 45.3 Å². The molecule has 0 aliphatic carbocycles. The lowest BCUT2D eigenvalue weighted by Gasteiger charge is -2.25. The number of thiazole rings is 1. The number of hydrogen-bond acceptors (Lipinski definition) is 7. The first-order chi connectivity index (χ1) is 16.2. The smallest absolute Gasteiger partial charge is 0.338 e. The first kappa shape index (κ1) is 23.7. The van der Waals surface area contributed by atoms with E-state index in [1.807, 2.05) is 74.8 Å². The summed E-state index contributed by atoms with van der Waals surface area (Å²) in [5, 5.41) is 4.56. The van der Waals surface area contributed by atoms with Gasteiger partial charge in [-0.05, 0) is 51.5 Å². The van der Waals surface area contributed by atoms with Crippen molar-refractivity contribution < 1.29 is 9.53 Å². The molecule has 1 aliphatic heterocycles. The van der Waals surface area contributed by atoms with Gasteiger partial charge in [-0.25, -0.2) is 9.79 Å². The minimum absolute atomic E-state index is 0.192. The summed E-state index contributed by atoms with van der Waals surface area (Å²) in [5.41, 5.74) is 5.37. The number of aryl methyl sites for hydroxylation is 2. The van der Waals surface area contributed by atoms with E-state index in [1.165, 1.54) is 18.4 Å². The summed E-state index contributed by atoms with van der Waals surface area (Å²) in [7, 11) is 5.27. The number of methoxy groups -OCH3 is 1. The summed E-state index contributed by atoms with van der Waals surface area (Å²) in [6.45, 7) is 8.52. The molecule has 1 atom stereocenters. The third-order valence-electron chi connectivity index (χ3n) is 6.16. The Morgan fingerprint density at radius 2 is 1.88 bits per heavy atom. The molecule has 0 unspecified atom stereocenters. The molecule has 178 valence electrons. The van der Waals surface area contributed by atoms with Gasteiger partial charge >= 0.3 is 5.97 Å². The van der Waals surface area contributed by atoms with Crippen LogP contribution in [-0.2, 0) is 16.1 Å². The van der Waals surface area contributed by atoms with Crippen LogP contribution in [0.1, 0.15) is 42.4 Å². The highest BCUT2D eigenvalue weighted by atomic mass is 32.1. The number of nitrogens with zero attached hydrogens (tertiary/aromatic N) is 5. The number of anilines is 1. The molecule has 0 amide bonds. The number of esters is 1. The number of carbonyl (C=O) groups is 1. The van der Waals surface area contributed by atoms with E-state index in [0.717, 1.165) is 34.7 Å². The van der Waals surface area contributed by atoms with Crippen LogP contribution in [0.25, 0.3) is 6.08 Å². The Bertz CT molecular complexity index is 1470. The number of benzene rings is 1. The molecule has 8 nitrogen and oxygen atoms in total. The number of hydrogen-bond donors (Lipinski definition) is 0. The molecule has 2 aromatic heterocycles. The van der Waals surface area contributed by atoms with Gasteiger partial charge in [0.2, 0.25) is 0 Å². The Morgan fingerprint density at radius 3 is 2.44 bits per heavy atom. The van der Waals surface area contributed by atoms with E-state index in [2.05, 4.69) is 10.1 Å². The van der Waals surface area contributed by atoms with Crippen LogP contribution in [0.3, 0.4) is 0 Å². The van der Waals surface area contributed by atoms with Crippen molar-refractivity contribution in [1.29, 1.82) is 0 Å². The number of aromatic nitrogens is 3. The molecule has 3 aromatic rings. The van der Waals surface area contributed by atoms with Gasteiger partial charge in [0.25, 0.3) is 5.56 Å². The van der Waals surface area contributed by atoms with Crippen LogP contribution in [0.4, 0.5) is 5.69 Å². The van der Waals surface area contributed by atoms with Crippen molar-refractivity contribution in [2.45, 2.75) is 40.3 Å². The van der Waals surface area contributed by atoms with Gasteiger partial charge in [-0.1, -0.05) is 23.5 Å². The van der Waals surface area contributed by atoms with Crippen molar-refractivity contribution in [2.24, 2.45) is 4.99 Å². The molecule has 0 radical (unpaired) electrons. The molecule has 0 bridgehead atoms. The van der Waals surface area contributed by atoms with E-state index in [1.54, 1.807) is 11.5 Å². The van der Waals surface area contributed by atoms with E-state index < -0.39 is 12.0 Å². The third-order valence-corrected chi connectivity index (χ3v) is 7.15. The second kappa shape index (κ2) is 9.06. The van der Waals surface area contributed by atoms with Crippen LogP contribution < -0.4 is 19.8 Å². The Hall–Kier alpha value is -3.46. The summed E-state index contributed by atoms with van der Waals surface area (Å²) in [6, 6.07) is 7.21. The maximum Gasteiger partial charge on any atom is 0.338 e. The zero-order chi connectivity index (χ0) is 24.7. The van der Waals surface area contributed by atoms with Crippen LogP contribution in [0.2, 0.25) is 0 Å². The van der Waals surface area contributed by atoms with E-state index >= 15 is 0 Å². The fourth-order valence-electron chi connectivity index (χ4n) is 4.32. The topological polar surface area (TPSA) is 81.7 Å². The lowest BCUT2D eigenvalue weighted by molar-refractivity contribution is -0.136. The maximum absolute atomic E-state index is 13.7. The monoisotopic (exact) mass is 479 g/mol. The van der Waals surface area contributed by atoms with Gasteiger partial charge in [-0.2, -0.15) is 5.10 Å². The van der Waals surface area contributed by atoms with Gasteiger partial charge in [0.15, 0.2) is 4.80 Å². The highest BCUT2D eigenvalue weighted by molar-refractivity contribution is 7.07. The largest absolute Gasteiger partial charge is 0.466 e. The Labute approximate surface area is 202 Å². The van der Waals surface area contributed by atoms with Crippen molar-refractivity contribution in [3.63, 3.8) is 0 Å². The molecule has 3 heterocycles. The lowest BCUT2D eigenvalue weighted by Crippen LogP contribution is -2.39. The van der Waals surface area contributed by atoms with Crippen molar-refractivity contribution in [3.8, 4) is 0 Å². The van der Waals surface area contributed by atoms with E-state index in [4.69, 9.17) is 4.74 Å². The molecular weight excluding hydrogens is 450 g/mol. The summed E-state index contributed by atoms with van der Waals surface area (Å²) in [5.74, 6) is -0.492. The maximum atomic E-state index is 13.7. The van der Waals surface area contributed by atoms with Crippen LogP contribution in [0.5, 0.6) is 0 Å². The van der Waals surface area contributed by atoms with Gasteiger partial charge in [-0.3, -0.25) is 14.0 Å². The molecule has 0 spiro atoms. The second-order valence-corrected chi connectivity index (χ2v) is 9.47. The SMILES string of the molecule is CCn1nc(C)c(/C=c2/sc3n(c2=O)[C@H](c2ccc(N(C)C)cc2)C(C(=O)OC)=C(C)N=3)c1C. The molecule has 0 N–H and O–H groups in total. The fourth-order valence-corrected chi connectivity index (χ4v) is 5.35. The van der Waals surface area contributed by atoms with Crippen LogP contribution >= 0.6 is 11.3 Å². The normalized spacial score (nSPS) is 15.9. The van der Waals surface area contributed by atoms with Gasteiger partial charge < -0.3 is 9.64 Å². The molecule has 34 heavy (non-hydrogen) atoms. The van der Waals surface area contributed by atoms with Crippen molar-refractivity contribution in [3.05, 3.63) is 77.7 Å². The van der Waals surface area contributed by atoms with E-state index in [-0.39, 0.29) is 5.56 Å². The van der Waals surface area contributed by atoms with Crippen molar-refractivity contribution in [1.82, 2.24) is 14.3 Å². The first-order valence-corrected chi connectivity index (χ1v) is 11.9. The van der Waals surface area contributed by atoms with Crippen LogP contribution in [0, 0.1) is 13.8 Å². The second-order valence-electron chi connectivity index (χ2n) is 8.46. The average Bonchev–Trinajstić information content (AvgIpc) is 3.27. The number of ether oxygens (including phenoxy) is 1. The molecule has 0 saturated heterocycles. The minimum Gasteiger partial charge on any atom is -0.466 e. The van der Waals surface area contributed by atoms with Gasteiger partial charge in [0.1, 0.15) is 0 Å². The molecule has 4 rings (SSSR count). The van der Waals surface area contributed by atoms with Crippen molar-refractivity contribution >= 4 is 29.1 Å². The standard InChI is InChI=1S/C25H29N5O3S/c1-8-29-16(4)19(14(2)27-29)13-20-23(31)30-22(17-9-11-18(12-10-17)28(5)6)21(24(32)33-7)15(3)26-25(30)34-20/h9-13,22H,8H2,1-7H3/b20-13+/t22-/m1/s1. The van der Waals surface area contributed by atoms with E-state index in [9.17, 15) is 9.59 Å². The Morgan fingerprint density at radius 1 is 1.21 bits per heavy atom. The average molecular weight is 480 g/mol. The lowest BCUT2D eigenvalue weighted by atomic mass is 9.95. The van der Waals surface area contributed by atoms with Crippen molar-refractivity contribution in [2.75, 3.05) is 26.1 Å². The van der Waals surface area contributed by atoms with Gasteiger partial charge in [0.05, 0.1) is 34.6 Å². The molecular formula is C25H29N5O3S. The van der Waals surface area contributed by atoms with Gasteiger partial charge in [0, 0.05) is 37.6 Å². The summed E-state index contributed by atoms with van der Waals surface area (Å²) in [4.78, 5) is 33.7. The highest BCUT2D eigenvalue weighted by Crippen LogP contribution is 2.31. The number of fused-ring (bicyclic) bond motifs is 1. The highest BCUT2D eigenvalue weighted by Gasteiger charge is 2.33. The number of rotatable bonds is 5. The fraction of sp³-hybridized carbons (Fsp3) is 0.360. The van der Waals surface area contributed by atoms with Gasteiger partial charge in [-0.15, -0.1) is 0 Å². The minimum atomic E-state index is -0.623. The number of allylic oxidation sites excluding steroid dienone is 1. The zero-order valence-electron chi connectivity index (χ0n) is 20.5. The number of carbonyl (C=O) groups excluding carboxylic acids is 1. The molecule has 0 saturated carbocycles. The quantitative estimate of drug-likeness (QED) is 0.525. The zero-order valence-corrected chi connectivity index (χ0v) is 21.4. The first-order valence-electron chi connectivity index (χ1n) is 11.1. The summed E-state index contributed by atoms with van der Waals surface area (Å²) < 4.78 is 9.16.